The first-order valence-corrected chi connectivity index (χ1v) is 8.38. The number of nitriles is 1. The lowest BCUT2D eigenvalue weighted by atomic mass is 10.1. The van der Waals surface area contributed by atoms with Crippen molar-refractivity contribution >= 4 is 22.7 Å². The van der Waals surface area contributed by atoms with Crippen LogP contribution in [0.5, 0.6) is 0 Å². The Morgan fingerprint density at radius 3 is 2.67 bits per heavy atom. The second kappa shape index (κ2) is 7.07. The second-order valence-corrected chi connectivity index (χ2v) is 6.19. The van der Waals surface area contributed by atoms with E-state index in [9.17, 15) is 5.26 Å². The molecular weight excluding hydrogens is 316 g/mol. The maximum absolute atomic E-state index is 9.41. The topological polar surface area (TPSA) is 61.1 Å². The standard InChI is InChI=1S/C19H16N4S/c1-13-7-6-10-16(14(13)2)22-23-17(11-20)19-21-18(12-24-19)15-8-4-3-5-9-15/h3-10,12,22H,1-2H3/b23-17+. The fraction of sp³-hybridized carbons (Fsp3) is 0.105. The van der Waals surface area contributed by atoms with Crippen LogP contribution in [0.15, 0.2) is 59.0 Å². The van der Waals surface area contributed by atoms with Crippen molar-refractivity contribution < 1.29 is 0 Å². The van der Waals surface area contributed by atoms with Gasteiger partial charge in [-0.1, -0.05) is 42.5 Å². The number of anilines is 1. The van der Waals surface area contributed by atoms with Crippen LogP contribution in [0.4, 0.5) is 5.69 Å². The molecule has 0 aliphatic carbocycles. The molecule has 0 aliphatic heterocycles. The van der Waals surface area contributed by atoms with Crippen molar-refractivity contribution in [3.8, 4) is 17.3 Å². The highest BCUT2D eigenvalue weighted by Gasteiger charge is 2.10. The van der Waals surface area contributed by atoms with E-state index in [4.69, 9.17) is 0 Å². The molecule has 0 spiro atoms. The molecule has 0 aliphatic rings. The fourth-order valence-electron chi connectivity index (χ4n) is 2.23. The minimum atomic E-state index is 0.281. The van der Waals surface area contributed by atoms with E-state index in [2.05, 4.69) is 21.6 Å². The summed E-state index contributed by atoms with van der Waals surface area (Å²) in [6.45, 7) is 4.07. The van der Waals surface area contributed by atoms with Crippen LogP contribution in [0.1, 0.15) is 16.1 Å². The molecular formula is C19H16N4S. The Kier molecular flexibility index (Phi) is 4.69. The average molecular weight is 332 g/mol. The quantitative estimate of drug-likeness (QED) is 0.553. The third kappa shape index (κ3) is 3.34. The van der Waals surface area contributed by atoms with Gasteiger partial charge in [-0.15, -0.1) is 11.3 Å². The highest BCUT2D eigenvalue weighted by molar-refractivity contribution is 7.12. The summed E-state index contributed by atoms with van der Waals surface area (Å²) >= 11 is 1.42. The van der Waals surface area contributed by atoms with Crippen molar-refractivity contribution in [3.05, 3.63) is 70.0 Å². The monoisotopic (exact) mass is 332 g/mol. The van der Waals surface area contributed by atoms with Gasteiger partial charge in [-0.25, -0.2) is 4.98 Å². The highest BCUT2D eigenvalue weighted by Crippen LogP contribution is 2.22. The number of nitrogens with one attached hydrogen (secondary N) is 1. The summed E-state index contributed by atoms with van der Waals surface area (Å²) in [5, 5.41) is 16.2. The van der Waals surface area contributed by atoms with E-state index >= 15 is 0 Å². The van der Waals surface area contributed by atoms with Gasteiger partial charge in [0.25, 0.3) is 0 Å². The number of benzene rings is 2. The zero-order chi connectivity index (χ0) is 16.9. The molecule has 0 radical (unpaired) electrons. The zero-order valence-corrected chi connectivity index (χ0v) is 14.3. The van der Waals surface area contributed by atoms with E-state index in [0.29, 0.717) is 5.01 Å². The van der Waals surface area contributed by atoms with Gasteiger partial charge in [0.05, 0.1) is 11.4 Å². The predicted molar refractivity (Wildman–Crippen MR) is 99.2 cm³/mol. The van der Waals surface area contributed by atoms with Gasteiger partial charge in [0.15, 0.2) is 10.7 Å². The Morgan fingerprint density at radius 2 is 1.92 bits per heavy atom. The Hall–Kier alpha value is -2.97. The minimum absolute atomic E-state index is 0.281. The summed E-state index contributed by atoms with van der Waals surface area (Å²) in [4.78, 5) is 4.53. The molecule has 0 saturated heterocycles. The molecule has 0 fully saturated rings. The summed E-state index contributed by atoms with van der Waals surface area (Å²) in [6.07, 6.45) is 0. The van der Waals surface area contributed by atoms with Crippen LogP contribution in [-0.4, -0.2) is 10.7 Å². The first-order valence-electron chi connectivity index (χ1n) is 7.50. The predicted octanol–water partition coefficient (Wildman–Crippen LogP) is 4.77. The molecule has 1 N–H and O–H groups in total. The smallest absolute Gasteiger partial charge is 0.196 e. The molecule has 0 unspecified atom stereocenters. The maximum atomic E-state index is 9.41. The van der Waals surface area contributed by atoms with Gasteiger partial charge in [-0.3, -0.25) is 5.43 Å². The van der Waals surface area contributed by atoms with Gasteiger partial charge in [-0.05, 0) is 31.0 Å². The molecule has 5 heteroatoms. The second-order valence-electron chi connectivity index (χ2n) is 5.34. The lowest BCUT2D eigenvalue weighted by molar-refractivity contribution is 1.26. The molecule has 3 rings (SSSR count). The molecule has 0 saturated carbocycles. The van der Waals surface area contributed by atoms with Crippen molar-refractivity contribution in [2.45, 2.75) is 13.8 Å². The number of aromatic nitrogens is 1. The number of thiazole rings is 1. The SMILES string of the molecule is Cc1cccc(N/N=C(\C#N)c2nc(-c3ccccc3)cs2)c1C. The van der Waals surface area contributed by atoms with E-state index in [-0.39, 0.29) is 5.71 Å². The Bertz CT molecular complexity index is 920. The first-order chi connectivity index (χ1) is 11.7. The van der Waals surface area contributed by atoms with Crippen LogP contribution in [-0.2, 0) is 0 Å². The van der Waals surface area contributed by atoms with Crippen molar-refractivity contribution in [1.82, 2.24) is 4.98 Å². The van der Waals surface area contributed by atoms with E-state index in [1.807, 2.05) is 67.8 Å². The fourth-order valence-corrected chi connectivity index (χ4v) is 3.00. The molecule has 2 aromatic carbocycles. The first kappa shape index (κ1) is 15.9. The molecule has 4 nitrogen and oxygen atoms in total. The van der Waals surface area contributed by atoms with E-state index in [1.54, 1.807) is 0 Å². The number of hydrazone groups is 1. The number of rotatable bonds is 4. The highest BCUT2D eigenvalue weighted by atomic mass is 32.1. The lowest BCUT2D eigenvalue weighted by Crippen LogP contribution is -2.02. The van der Waals surface area contributed by atoms with Crippen LogP contribution in [0.3, 0.4) is 0 Å². The average Bonchev–Trinajstić information content (AvgIpc) is 3.10. The Labute approximate surface area is 145 Å². The third-order valence-corrected chi connectivity index (χ3v) is 4.62. The van der Waals surface area contributed by atoms with Gasteiger partial charge in [0.1, 0.15) is 6.07 Å². The van der Waals surface area contributed by atoms with Crippen LogP contribution < -0.4 is 5.43 Å². The van der Waals surface area contributed by atoms with Gasteiger partial charge in [0.2, 0.25) is 0 Å². The zero-order valence-electron chi connectivity index (χ0n) is 13.4. The van der Waals surface area contributed by atoms with Gasteiger partial charge in [0, 0.05) is 10.9 Å². The van der Waals surface area contributed by atoms with E-state index < -0.39 is 0 Å². The summed E-state index contributed by atoms with van der Waals surface area (Å²) in [5.74, 6) is 0. The summed E-state index contributed by atoms with van der Waals surface area (Å²) < 4.78 is 0. The number of nitrogens with zero attached hydrogens (tertiary/aromatic N) is 3. The summed E-state index contributed by atoms with van der Waals surface area (Å²) in [6, 6.07) is 18.0. The lowest BCUT2D eigenvalue weighted by Gasteiger charge is -2.07. The molecule has 0 amide bonds. The number of hydrogen-bond donors (Lipinski definition) is 1. The Morgan fingerprint density at radius 1 is 1.12 bits per heavy atom. The summed E-state index contributed by atoms with van der Waals surface area (Å²) in [5.41, 5.74) is 8.32. The molecule has 0 atom stereocenters. The molecule has 24 heavy (non-hydrogen) atoms. The van der Waals surface area contributed by atoms with Crippen LogP contribution in [0.2, 0.25) is 0 Å². The molecule has 1 aromatic heterocycles. The minimum Gasteiger partial charge on any atom is -0.277 e. The van der Waals surface area contributed by atoms with Crippen molar-refractivity contribution in [1.29, 1.82) is 5.26 Å². The van der Waals surface area contributed by atoms with Crippen LogP contribution in [0, 0.1) is 25.2 Å². The molecule has 1 heterocycles. The molecule has 3 aromatic rings. The Balaban J connectivity index is 1.86. The maximum Gasteiger partial charge on any atom is 0.196 e. The summed E-state index contributed by atoms with van der Waals surface area (Å²) in [7, 11) is 0. The van der Waals surface area contributed by atoms with Crippen molar-refractivity contribution in [3.63, 3.8) is 0 Å². The van der Waals surface area contributed by atoms with Crippen LogP contribution in [0.25, 0.3) is 11.3 Å². The van der Waals surface area contributed by atoms with Gasteiger partial charge in [-0.2, -0.15) is 10.4 Å². The van der Waals surface area contributed by atoms with Crippen molar-refractivity contribution in [2.75, 3.05) is 5.43 Å². The van der Waals surface area contributed by atoms with Gasteiger partial charge < -0.3 is 0 Å². The number of hydrogen-bond acceptors (Lipinski definition) is 5. The van der Waals surface area contributed by atoms with Crippen LogP contribution >= 0.6 is 11.3 Å². The van der Waals surface area contributed by atoms with Gasteiger partial charge >= 0.3 is 0 Å². The normalized spacial score (nSPS) is 11.1. The van der Waals surface area contributed by atoms with E-state index in [1.165, 1.54) is 16.9 Å². The molecule has 118 valence electrons. The largest absolute Gasteiger partial charge is 0.277 e. The van der Waals surface area contributed by atoms with Crippen molar-refractivity contribution in [2.24, 2.45) is 5.10 Å². The number of aryl methyl sites for hydroxylation is 1. The van der Waals surface area contributed by atoms with E-state index in [0.717, 1.165) is 22.5 Å². The third-order valence-electron chi connectivity index (χ3n) is 3.78. The molecule has 0 bridgehead atoms.